The van der Waals surface area contributed by atoms with Crippen molar-refractivity contribution in [2.45, 2.75) is 0 Å². The highest BCUT2D eigenvalue weighted by Crippen LogP contribution is 2.64. The Morgan fingerprint density at radius 1 is 0.147 bits per heavy atom. The van der Waals surface area contributed by atoms with Gasteiger partial charge >= 0.3 is 0 Å². The van der Waals surface area contributed by atoms with Crippen LogP contribution in [0, 0.1) is 0 Å². The summed E-state index contributed by atoms with van der Waals surface area (Å²) in [6, 6.07) is 167. The molecule has 0 unspecified atom stereocenters. The highest BCUT2D eigenvalue weighted by molar-refractivity contribution is 7.01. The van der Waals surface area contributed by atoms with Gasteiger partial charge in [0, 0.05) is 116 Å². The quantitative estimate of drug-likeness (QED) is 0.103. The molecule has 0 aliphatic carbocycles. The smallest absolute Gasteiger partial charge is 0.270 e. The van der Waals surface area contributed by atoms with Crippen molar-refractivity contribution in [2.24, 2.45) is 0 Å². The Morgan fingerprint density at radius 3 is 0.607 bits per heavy atom. The van der Waals surface area contributed by atoms with Gasteiger partial charge in [0.15, 0.2) is 23.0 Å². The molecule has 0 saturated heterocycles. The number of hydrogen-bond donors (Lipinski definition) is 0. The van der Waals surface area contributed by atoms with Gasteiger partial charge in [-0.3, -0.25) is 0 Å². The summed E-state index contributed by atoms with van der Waals surface area (Å²) in [5.41, 5.74) is 29.1. The molecule has 9 aliphatic heterocycles. The molecule has 22 aromatic carbocycles. The second-order valence-corrected chi connectivity index (χ2v) is 38.8. The molecule has 0 spiro atoms. The first-order valence-corrected chi connectivity index (χ1v) is 50.8. The zero-order valence-corrected chi connectivity index (χ0v) is 80.2. The fourth-order valence-electron chi connectivity index (χ4n) is 24.8. The lowest BCUT2D eigenvalue weighted by Crippen LogP contribution is -2.60. The van der Waals surface area contributed by atoms with E-state index in [4.69, 9.17) is 42.6 Å². The predicted molar refractivity (Wildman–Crippen MR) is 605 cm³/mol. The van der Waals surface area contributed by atoms with Crippen LogP contribution in [0.15, 0.2) is 479 Å². The van der Waals surface area contributed by atoms with Gasteiger partial charge in [-0.05, 0) is 205 Å². The molecule has 25 aromatic rings. The number of anilines is 9. The molecule has 0 N–H and O–H groups in total. The first kappa shape index (κ1) is 83.5. The predicted octanol–water partition coefficient (Wildman–Crippen LogP) is 28.9. The van der Waals surface area contributed by atoms with Crippen molar-refractivity contribution in [3.8, 4) is 132 Å². The number of fused-ring (bicyclic) bond motifs is 9. The Balaban J connectivity index is 0.000000106. The van der Waals surface area contributed by atoms with Gasteiger partial charge in [-0.15, -0.1) is 0 Å². The largest absolute Gasteiger partial charge is 0.458 e. The number of benzene rings is 22. The first-order valence-electron chi connectivity index (χ1n) is 50.8. The molecule has 15 nitrogen and oxygen atoms in total. The zero-order valence-electron chi connectivity index (χ0n) is 80.2. The molecule has 18 heteroatoms. The number of aromatic nitrogens is 3. The molecule has 0 fully saturated rings. The molecule has 700 valence electrons. The normalized spacial score (nSPS) is 13.0. The molecule has 0 bridgehead atoms. The van der Waals surface area contributed by atoms with Crippen molar-refractivity contribution in [1.29, 1.82) is 0 Å². The SMILES string of the molecule is c1cc2c3c(c1)Oc1c4c(c(-n5c6ccccc6c6ccccc65)c(-n5c6ccccc6c6ccccc65)c1-n1c5ccccc5c5ccccc51)Oc1cccc(c1B34)O2.c1ccc(-c2cc3c4c(c2)Oc2cccc5c2B4c2c(cccc2O3)O5)cc1.c1ccc(N(c2ccccc2)c2c3c4c(c(N(c5ccccc5)c5ccccc5)c2N(c2ccccc2)c2ccccc2)Oc2cccc5c2B4c2c(cccc2O3)O5)cc1. The van der Waals surface area contributed by atoms with Crippen LogP contribution in [0.2, 0.25) is 0 Å². The molecular weight excluding hydrogens is 1850 g/mol. The van der Waals surface area contributed by atoms with Crippen molar-refractivity contribution < 1.29 is 42.6 Å². The van der Waals surface area contributed by atoms with Crippen molar-refractivity contribution in [3.05, 3.63) is 479 Å². The highest BCUT2D eigenvalue weighted by Gasteiger charge is 2.55. The first-order chi connectivity index (χ1) is 74.5. The number of ether oxygens (including phenoxy) is 9. The summed E-state index contributed by atoms with van der Waals surface area (Å²) in [7, 11) is 0. The van der Waals surface area contributed by atoms with E-state index in [9.17, 15) is 0 Å². The molecule has 12 heterocycles. The van der Waals surface area contributed by atoms with Crippen LogP contribution < -0.4 is 106 Å². The monoisotopic (exact) mass is 1920 g/mol. The maximum absolute atomic E-state index is 7.51. The Hall–Kier alpha value is -20.0. The second-order valence-electron chi connectivity index (χ2n) is 38.8. The average molecular weight is 1930 g/mol. The van der Waals surface area contributed by atoms with Gasteiger partial charge in [0.05, 0.1) is 33.1 Å². The maximum Gasteiger partial charge on any atom is 0.270 e. The molecule has 0 amide bonds. The number of para-hydroxylation sites is 12. The lowest BCUT2D eigenvalue weighted by molar-refractivity contribution is 0.441. The summed E-state index contributed by atoms with van der Waals surface area (Å²) >= 11 is 0. The standard InChI is InChI=1S/C54H30BN3O3.C54H36BN3O3.C24H13BO3/c1-7-21-37-31(15-1)32-16-2-8-22-38(32)56(37)50-51(57-39-23-9-3-17-33(39)34-18-4-10-24-40(34)57)53-49-54(52(50)58-41-25-11-5-19-35(41)36-20-6-12-26-42(36)58)61-46-30-14-28-44-48(46)55(49)47-43(59-44)27-13-29-45(47)60-53;1-7-21-37(22-8-1)56(38-23-9-2-10-24-38)50-51(57(39-25-11-3-12-26-39)40-27-13-4-14-28-40)53-49-54(52(50)58(41-29-15-5-16-30-41)42-31-17-6-18-32-42)61-46-36-20-34-44-48(46)55(49)47-43(59-44)33-19-35-45(47)60-53;1-2-6-14(7-3-1)15-12-20-24-21(13-15)28-19-11-5-9-17-23(19)25(24)22-16(26-17)8-4-10-18(22)27-20/h1-30H;1-36H;1-13H. The van der Waals surface area contributed by atoms with E-state index in [0.717, 1.165) is 254 Å². The summed E-state index contributed by atoms with van der Waals surface area (Å²) in [6.07, 6.45) is 0. The van der Waals surface area contributed by atoms with Gasteiger partial charge < -0.3 is 71.0 Å². The van der Waals surface area contributed by atoms with E-state index in [2.05, 4.69) is 417 Å². The van der Waals surface area contributed by atoms with E-state index in [1.165, 1.54) is 32.3 Å². The fourth-order valence-corrected chi connectivity index (χ4v) is 24.8. The van der Waals surface area contributed by atoms with Crippen molar-refractivity contribution in [2.75, 3.05) is 14.7 Å². The van der Waals surface area contributed by atoms with Gasteiger partial charge in [0.1, 0.15) is 115 Å². The third-order valence-corrected chi connectivity index (χ3v) is 30.8. The Kier molecular flexibility index (Phi) is 18.2. The van der Waals surface area contributed by atoms with Gasteiger partial charge in [0.25, 0.3) is 20.1 Å². The Labute approximate surface area is 862 Å². The van der Waals surface area contributed by atoms with Crippen molar-refractivity contribution in [3.63, 3.8) is 0 Å². The summed E-state index contributed by atoms with van der Waals surface area (Å²) < 4.78 is 69.6. The third kappa shape index (κ3) is 12.3. The second kappa shape index (κ2) is 32.8. The van der Waals surface area contributed by atoms with Crippen LogP contribution in [0.1, 0.15) is 0 Å². The van der Waals surface area contributed by atoms with E-state index in [-0.39, 0.29) is 20.1 Å². The van der Waals surface area contributed by atoms with E-state index in [1.54, 1.807) is 0 Å². The summed E-state index contributed by atoms with van der Waals surface area (Å²) in [5, 5.41) is 7.02. The van der Waals surface area contributed by atoms with Crippen molar-refractivity contribution >= 4 is 186 Å². The molecule has 9 aliphatic rings. The molecule has 34 rings (SSSR count). The molecule has 0 atom stereocenters. The molecular formula is C132H79B3N6O9. The lowest BCUT2D eigenvalue weighted by atomic mass is 9.33. The third-order valence-electron chi connectivity index (χ3n) is 30.8. The van der Waals surface area contributed by atoms with E-state index in [1.807, 2.05) is 91.0 Å². The Morgan fingerprint density at radius 2 is 0.340 bits per heavy atom. The summed E-state index contributed by atoms with van der Waals surface area (Å²) in [4.78, 5) is 7.04. The summed E-state index contributed by atoms with van der Waals surface area (Å²) in [5.74, 6) is 14.3. The average Bonchev–Trinajstić information content (AvgIpc) is 1.18. The highest BCUT2D eigenvalue weighted by atomic mass is 16.5. The lowest BCUT2D eigenvalue weighted by Gasteiger charge is -2.44. The minimum absolute atomic E-state index is 0.0727. The van der Waals surface area contributed by atoms with E-state index < -0.39 is 0 Å². The van der Waals surface area contributed by atoms with Crippen LogP contribution in [0.25, 0.3) is 93.6 Å². The molecule has 0 radical (unpaired) electrons. The van der Waals surface area contributed by atoms with Gasteiger partial charge in [-0.2, -0.15) is 0 Å². The minimum Gasteiger partial charge on any atom is -0.458 e. The van der Waals surface area contributed by atoms with Crippen LogP contribution in [-0.4, -0.2) is 33.8 Å². The van der Waals surface area contributed by atoms with Crippen LogP contribution in [0.3, 0.4) is 0 Å². The fraction of sp³-hybridized carbons (Fsp3) is 0. The van der Waals surface area contributed by atoms with Crippen LogP contribution >= 0.6 is 0 Å². The van der Waals surface area contributed by atoms with Crippen molar-refractivity contribution in [1.82, 2.24) is 13.7 Å². The zero-order chi connectivity index (χ0) is 98.0. The van der Waals surface area contributed by atoms with E-state index in [0.29, 0.717) is 11.5 Å². The number of hydrogen-bond acceptors (Lipinski definition) is 12. The molecule has 0 saturated carbocycles. The number of rotatable bonds is 13. The van der Waals surface area contributed by atoms with Gasteiger partial charge in [0.2, 0.25) is 0 Å². The van der Waals surface area contributed by atoms with E-state index >= 15 is 0 Å². The maximum atomic E-state index is 7.51. The summed E-state index contributed by atoms with van der Waals surface area (Å²) in [6.45, 7) is -0.401. The van der Waals surface area contributed by atoms with Crippen LogP contribution in [0.5, 0.6) is 103 Å². The van der Waals surface area contributed by atoms with Gasteiger partial charge in [-0.25, -0.2) is 0 Å². The minimum atomic E-state index is -0.256. The Bertz CT molecular complexity index is 9300. The molecule has 150 heavy (non-hydrogen) atoms. The van der Waals surface area contributed by atoms with Crippen LogP contribution in [-0.2, 0) is 0 Å². The number of nitrogens with zero attached hydrogens (tertiary/aromatic N) is 6. The van der Waals surface area contributed by atoms with Gasteiger partial charge in [-0.1, -0.05) is 285 Å². The molecule has 3 aromatic heterocycles. The topological polar surface area (TPSA) is 108 Å². The van der Waals surface area contributed by atoms with Crippen LogP contribution in [0.4, 0.5) is 51.2 Å².